The van der Waals surface area contributed by atoms with Crippen LogP contribution in [0.25, 0.3) is 11.1 Å². The van der Waals surface area contributed by atoms with Gasteiger partial charge in [0.05, 0.1) is 5.69 Å². The summed E-state index contributed by atoms with van der Waals surface area (Å²) in [5, 5.41) is 2.71. The average Bonchev–Trinajstić information content (AvgIpc) is 2.84. The van der Waals surface area contributed by atoms with Gasteiger partial charge in [-0.05, 0) is 63.4 Å². The van der Waals surface area contributed by atoms with Gasteiger partial charge < -0.3 is 24.8 Å². The molecule has 204 valence electrons. The first-order valence-corrected chi connectivity index (χ1v) is 11.7. The summed E-state index contributed by atoms with van der Waals surface area (Å²) in [5.41, 5.74) is 8.11. The number of nitrogens with one attached hydrogen (secondary N) is 1. The van der Waals surface area contributed by atoms with Crippen LogP contribution in [0.15, 0.2) is 42.0 Å². The fourth-order valence-electron chi connectivity index (χ4n) is 3.54. The number of ether oxygens (including phenoxy) is 3. The predicted octanol–water partition coefficient (Wildman–Crippen LogP) is 3.80. The first-order valence-electron chi connectivity index (χ1n) is 11.7. The Morgan fingerprint density at radius 1 is 1.08 bits per heavy atom. The van der Waals surface area contributed by atoms with Crippen LogP contribution in [0.4, 0.5) is 10.5 Å². The van der Waals surface area contributed by atoms with Crippen molar-refractivity contribution in [1.82, 2.24) is 0 Å². The lowest BCUT2D eigenvalue weighted by Gasteiger charge is -2.23. The first-order chi connectivity index (χ1) is 17.8. The molecule has 0 atom stereocenters. The number of allylic oxidation sites excluding steroid dienone is 1. The van der Waals surface area contributed by atoms with E-state index in [1.165, 1.54) is 19.9 Å². The van der Waals surface area contributed by atoms with Gasteiger partial charge in [-0.25, -0.2) is 14.4 Å². The number of rotatable bonds is 8. The van der Waals surface area contributed by atoms with Crippen LogP contribution >= 0.6 is 0 Å². The highest BCUT2D eigenvalue weighted by Gasteiger charge is 2.23. The number of carbonyl (C=O) groups is 4. The highest BCUT2D eigenvalue weighted by molar-refractivity contribution is 6.13. The van der Waals surface area contributed by atoms with E-state index in [4.69, 9.17) is 25.8 Å². The van der Waals surface area contributed by atoms with Gasteiger partial charge in [-0.1, -0.05) is 24.3 Å². The molecule has 0 bridgehead atoms. The monoisotopic (exact) mass is 527 g/mol. The van der Waals surface area contributed by atoms with E-state index in [-0.39, 0.29) is 24.5 Å². The van der Waals surface area contributed by atoms with Gasteiger partial charge in [0.2, 0.25) is 0 Å². The van der Waals surface area contributed by atoms with Crippen molar-refractivity contribution >= 4 is 29.7 Å². The molecule has 0 saturated carbocycles. The molecule has 2 rings (SSSR count). The van der Waals surface area contributed by atoms with Crippen LogP contribution in [-0.4, -0.2) is 29.6 Å². The molecule has 0 aromatic heterocycles. The molecule has 11 nitrogen and oxygen atoms in total. The predicted molar refractivity (Wildman–Crippen MR) is 140 cm³/mol. The Kier molecular flexibility index (Phi) is 10.1. The molecule has 0 fully saturated rings. The lowest BCUT2D eigenvalue weighted by atomic mass is 9.95. The first kappa shape index (κ1) is 30.0. The van der Waals surface area contributed by atoms with Crippen LogP contribution in [0, 0.1) is 6.92 Å². The molecular formula is C27H33N3O8. The van der Waals surface area contributed by atoms with E-state index in [9.17, 15) is 19.2 Å². The third-order valence-corrected chi connectivity index (χ3v) is 5.14. The van der Waals surface area contributed by atoms with Gasteiger partial charge in [0.25, 0.3) is 0 Å². The molecule has 2 aromatic rings. The topological polar surface area (TPSA) is 169 Å². The molecule has 0 saturated heterocycles. The average molecular weight is 528 g/mol. The fourth-order valence-corrected chi connectivity index (χ4v) is 3.54. The second-order valence-corrected chi connectivity index (χ2v) is 9.22. The lowest BCUT2D eigenvalue weighted by Crippen LogP contribution is -2.28. The molecule has 0 spiro atoms. The Morgan fingerprint density at radius 2 is 1.76 bits per heavy atom. The number of nitrogens with two attached hydrogens (primary N) is 2. The van der Waals surface area contributed by atoms with Crippen molar-refractivity contribution in [2.24, 2.45) is 11.6 Å². The van der Waals surface area contributed by atoms with E-state index >= 15 is 0 Å². The number of anilines is 1. The van der Waals surface area contributed by atoms with Gasteiger partial charge in [0.15, 0.2) is 0 Å². The maximum atomic E-state index is 12.5. The van der Waals surface area contributed by atoms with Gasteiger partial charge in [0.1, 0.15) is 23.5 Å². The number of hydrogen-bond acceptors (Lipinski definition) is 10. The molecule has 0 aliphatic carbocycles. The van der Waals surface area contributed by atoms with Crippen molar-refractivity contribution < 1.29 is 38.2 Å². The zero-order chi connectivity index (χ0) is 28.6. The standard InChI is InChI=1S/C27H33N3O8/c1-7-20(25(33)38-29)24(32)35-14-17-9-8-10-18(11-17)21-12-19(13-28)22(15(2)23(21)36-16(3)31)30-26(34)37-27(4,5)6/h7-12H,13-14,28-29H2,1-6H3,(H,30,34). The summed E-state index contributed by atoms with van der Waals surface area (Å²) >= 11 is 0. The minimum absolute atomic E-state index is 0.0694. The summed E-state index contributed by atoms with van der Waals surface area (Å²) in [6, 6.07) is 8.65. The van der Waals surface area contributed by atoms with Crippen LogP contribution in [0.1, 0.15) is 51.3 Å². The second kappa shape index (κ2) is 12.8. The number of esters is 2. The molecule has 0 aliphatic rings. The summed E-state index contributed by atoms with van der Waals surface area (Å²) in [4.78, 5) is 52.4. The molecule has 5 N–H and O–H groups in total. The lowest BCUT2D eigenvalue weighted by molar-refractivity contribution is -0.148. The number of benzene rings is 2. The van der Waals surface area contributed by atoms with Crippen molar-refractivity contribution in [3.05, 3.63) is 58.7 Å². The molecular weight excluding hydrogens is 494 g/mol. The zero-order valence-electron chi connectivity index (χ0n) is 22.3. The van der Waals surface area contributed by atoms with E-state index in [0.29, 0.717) is 33.5 Å². The Bertz CT molecular complexity index is 1260. The minimum atomic E-state index is -1.01. The molecule has 2 aromatic carbocycles. The maximum Gasteiger partial charge on any atom is 0.412 e. The van der Waals surface area contributed by atoms with E-state index < -0.39 is 29.6 Å². The van der Waals surface area contributed by atoms with Crippen molar-refractivity contribution in [3.8, 4) is 16.9 Å². The van der Waals surface area contributed by atoms with Crippen molar-refractivity contribution in [2.75, 3.05) is 5.32 Å². The van der Waals surface area contributed by atoms with Crippen LogP contribution in [0.2, 0.25) is 0 Å². The van der Waals surface area contributed by atoms with Gasteiger partial charge in [0, 0.05) is 24.6 Å². The zero-order valence-corrected chi connectivity index (χ0v) is 22.3. The van der Waals surface area contributed by atoms with Crippen LogP contribution < -0.4 is 21.7 Å². The Hall–Kier alpha value is -4.22. The summed E-state index contributed by atoms with van der Waals surface area (Å²) in [7, 11) is 0. The van der Waals surface area contributed by atoms with E-state index in [1.54, 1.807) is 58.0 Å². The SMILES string of the molecule is CC=C(C(=O)ON)C(=O)OCc1cccc(-c2cc(CN)c(NC(=O)OC(C)(C)C)c(C)c2OC(C)=O)c1. The maximum absolute atomic E-state index is 12.5. The van der Waals surface area contributed by atoms with Gasteiger partial charge in [-0.15, -0.1) is 0 Å². The quantitative estimate of drug-likeness (QED) is 0.115. The largest absolute Gasteiger partial charge is 0.457 e. The summed E-state index contributed by atoms with van der Waals surface area (Å²) < 4.78 is 16.1. The molecule has 0 aliphatic heterocycles. The highest BCUT2D eigenvalue weighted by Crippen LogP contribution is 2.40. The molecule has 0 unspecified atom stereocenters. The van der Waals surface area contributed by atoms with Crippen molar-refractivity contribution in [1.29, 1.82) is 0 Å². The summed E-state index contributed by atoms with van der Waals surface area (Å²) in [5.74, 6) is 2.60. The Labute approximate surface area is 221 Å². The third kappa shape index (κ3) is 7.89. The van der Waals surface area contributed by atoms with E-state index in [1.807, 2.05) is 0 Å². The van der Waals surface area contributed by atoms with E-state index in [0.717, 1.165) is 0 Å². The molecule has 1 amide bonds. The van der Waals surface area contributed by atoms with Crippen molar-refractivity contribution in [2.45, 2.75) is 60.3 Å². The number of amides is 1. The van der Waals surface area contributed by atoms with Crippen LogP contribution in [-0.2, 0) is 41.8 Å². The van der Waals surface area contributed by atoms with Gasteiger partial charge >= 0.3 is 24.0 Å². The van der Waals surface area contributed by atoms with Crippen LogP contribution in [0.3, 0.4) is 0 Å². The molecule has 0 radical (unpaired) electrons. The van der Waals surface area contributed by atoms with Crippen molar-refractivity contribution in [3.63, 3.8) is 0 Å². The molecule has 38 heavy (non-hydrogen) atoms. The Morgan fingerprint density at radius 3 is 2.32 bits per heavy atom. The number of hydrogen-bond donors (Lipinski definition) is 3. The third-order valence-electron chi connectivity index (χ3n) is 5.14. The van der Waals surface area contributed by atoms with Gasteiger partial charge in [-0.3, -0.25) is 10.1 Å². The fraction of sp³-hybridized carbons (Fsp3) is 0.333. The second-order valence-electron chi connectivity index (χ2n) is 9.22. The van der Waals surface area contributed by atoms with Crippen LogP contribution in [0.5, 0.6) is 5.75 Å². The van der Waals surface area contributed by atoms with Gasteiger partial charge in [-0.2, -0.15) is 5.90 Å². The molecule has 11 heteroatoms. The Balaban J connectivity index is 2.48. The smallest absolute Gasteiger partial charge is 0.412 e. The number of carbonyl (C=O) groups excluding carboxylic acids is 4. The highest BCUT2D eigenvalue weighted by atomic mass is 16.7. The summed E-state index contributed by atoms with van der Waals surface area (Å²) in [6.07, 6.45) is 0.559. The van der Waals surface area contributed by atoms with E-state index in [2.05, 4.69) is 10.2 Å². The normalized spacial score (nSPS) is 11.4. The molecule has 0 heterocycles. The minimum Gasteiger partial charge on any atom is -0.457 e. The summed E-state index contributed by atoms with van der Waals surface area (Å²) in [6.45, 7) is 9.56.